The summed E-state index contributed by atoms with van der Waals surface area (Å²) in [4.78, 5) is 23.4. The highest BCUT2D eigenvalue weighted by molar-refractivity contribution is 5.77. The first-order chi connectivity index (χ1) is 6.63. The number of nitrogens with one attached hydrogen (secondary N) is 1. The van der Waals surface area contributed by atoms with Crippen molar-refractivity contribution >= 4 is 11.9 Å². The maximum Gasteiger partial charge on any atom is 0.303 e. The van der Waals surface area contributed by atoms with Gasteiger partial charge < -0.3 is 15.3 Å². The van der Waals surface area contributed by atoms with Crippen molar-refractivity contribution in [3.05, 3.63) is 0 Å². The molecule has 1 aliphatic heterocycles. The Morgan fingerprint density at radius 3 is 2.64 bits per heavy atom. The highest BCUT2D eigenvalue weighted by Gasteiger charge is 2.31. The zero-order valence-electron chi connectivity index (χ0n) is 8.32. The van der Waals surface area contributed by atoms with E-state index in [2.05, 4.69) is 5.32 Å². The topological polar surface area (TPSA) is 69.6 Å². The molecule has 0 aromatic carbocycles. The van der Waals surface area contributed by atoms with Gasteiger partial charge in [-0.3, -0.25) is 9.59 Å². The number of hydrogen-bond donors (Lipinski definition) is 2. The van der Waals surface area contributed by atoms with E-state index in [0.29, 0.717) is 26.1 Å². The predicted molar refractivity (Wildman–Crippen MR) is 50.9 cm³/mol. The molecule has 1 saturated heterocycles. The highest BCUT2D eigenvalue weighted by atomic mass is 16.4. The Labute approximate surface area is 83.1 Å². The molecule has 0 atom stereocenters. The van der Waals surface area contributed by atoms with Gasteiger partial charge >= 0.3 is 5.97 Å². The second kappa shape index (κ2) is 4.95. The summed E-state index contributed by atoms with van der Waals surface area (Å²) in [6.45, 7) is 1.89. The monoisotopic (exact) mass is 200 g/mol. The zero-order chi connectivity index (χ0) is 10.6. The van der Waals surface area contributed by atoms with Gasteiger partial charge in [0.15, 0.2) is 0 Å². The number of carboxylic acids is 1. The lowest BCUT2D eigenvalue weighted by Crippen LogP contribution is -2.51. The van der Waals surface area contributed by atoms with Gasteiger partial charge in [-0.05, 0) is 7.05 Å². The minimum Gasteiger partial charge on any atom is -0.481 e. The minimum atomic E-state index is -0.780. The molecule has 0 aliphatic carbocycles. The van der Waals surface area contributed by atoms with Gasteiger partial charge in [0.2, 0.25) is 5.91 Å². The van der Waals surface area contributed by atoms with Crippen molar-refractivity contribution in [2.24, 2.45) is 5.92 Å². The van der Waals surface area contributed by atoms with Gasteiger partial charge in [0.25, 0.3) is 0 Å². The van der Waals surface area contributed by atoms with Crippen molar-refractivity contribution < 1.29 is 14.7 Å². The Bertz CT molecular complexity index is 224. The van der Waals surface area contributed by atoms with Gasteiger partial charge in [-0.25, -0.2) is 0 Å². The first-order valence-corrected chi connectivity index (χ1v) is 4.77. The molecule has 2 N–H and O–H groups in total. The number of likely N-dealkylation sites (tertiary alicyclic amines) is 1. The summed E-state index contributed by atoms with van der Waals surface area (Å²) in [6.07, 6.45) is 0.673. The molecular weight excluding hydrogens is 184 g/mol. The Hall–Kier alpha value is -1.10. The standard InChI is InChI=1S/C9H16N2O3/c1-10-3-2-8(12)11-5-7(6-11)4-9(13)14/h7,10H,2-6H2,1H3,(H,13,14). The molecule has 5 heteroatoms. The van der Waals surface area contributed by atoms with E-state index >= 15 is 0 Å². The van der Waals surface area contributed by atoms with E-state index in [9.17, 15) is 9.59 Å². The molecule has 1 aliphatic rings. The quantitative estimate of drug-likeness (QED) is 0.629. The Morgan fingerprint density at radius 2 is 2.14 bits per heavy atom. The molecule has 1 fully saturated rings. The summed E-state index contributed by atoms with van der Waals surface area (Å²) in [6, 6.07) is 0. The van der Waals surface area contributed by atoms with Gasteiger partial charge in [0.1, 0.15) is 0 Å². The summed E-state index contributed by atoms with van der Waals surface area (Å²) >= 11 is 0. The Morgan fingerprint density at radius 1 is 1.50 bits per heavy atom. The maximum absolute atomic E-state index is 11.4. The van der Waals surface area contributed by atoms with E-state index in [0.717, 1.165) is 0 Å². The lowest BCUT2D eigenvalue weighted by Gasteiger charge is -2.38. The average Bonchev–Trinajstić information content (AvgIpc) is 2.06. The summed E-state index contributed by atoms with van der Waals surface area (Å²) in [7, 11) is 1.80. The van der Waals surface area contributed by atoms with Crippen LogP contribution >= 0.6 is 0 Å². The van der Waals surface area contributed by atoms with Crippen molar-refractivity contribution in [2.75, 3.05) is 26.7 Å². The average molecular weight is 200 g/mol. The predicted octanol–water partition coefficient (Wildman–Crippen LogP) is -0.471. The van der Waals surface area contributed by atoms with Crippen LogP contribution in [0.2, 0.25) is 0 Å². The van der Waals surface area contributed by atoms with Crippen molar-refractivity contribution in [1.82, 2.24) is 10.2 Å². The number of carboxylic acid groups (broad SMARTS) is 1. The van der Waals surface area contributed by atoms with E-state index in [1.807, 2.05) is 0 Å². The summed E-state index contributed by atoms with van der Waals surface area (Å²) in [5.41, 5.74) is 0. The van der Waals surface area contributed by atoms with Crippen LogP contribution in [0.1, 0.15) is 12.8 Å². The molecule has 14 heavy (non-hydrogen) atoms. The molecule has 1 heterocycles. The third-order valence-corrected chi connectivity index (χ3v) is 2.36. The van der Waals surface area contributed by atoms with Crippen LogP contribution in [0.25, 0.3) is 0 Å². The summed E-state index contributed by atoms with van der Waals surface area (Å²) in [5.74, 6) is -0.510. The van der Waals surface area contributed by atoms with E-state index in [-0.39, 0.29) is 18.2 Å². The van der Waals surface area contributed by atoms with Crippen LogP contribution < -0.4 is 5.32 Å². The zero-order valence-corrected chi connectivity index (χ0v) is 8.32. The molecule has 0 aromatic rings. The summed E-state index contributed by atoms with van der Waals surface area (Å²) < 4.78 is 0. The normalized spacial score (nSPS) is 16.5. The van der Waals surface area contributed by atoms with Crippen LogP contribution in [0.3, 0.4) is 0 Å². The number of rotatable bonds is 5. The Kier molecular flexibility index (Phi) is 3.88. The van der Waals surface area contributed by atoms with Crippen LogP contribution in [0.5, 0.6) is 0 Å². The largest absolute Gasteiger partial charge is 0.481 e. The highest BCUT2D eigenvalue weighted by Crippen LogP contribution is 2.19. The second-order valence-corrected chi connectivity index (χ2v) is 3.62. The van der Waals surface area contributed by atoms with E-state index in [1.165, 1.54) is 0 Å². The van der Waals surface area contributed by atoms with Crippen molar-refractivity contribution in [3.63, 3.8) is 0 Å². The van der Waals surface area contributed by atoms with Crippen LogP contribution in [-0.2, 0) is 9.59 Å². The van der Waals surface area contributed by atoms with Crippen LogP contribution in [-0.4, -0.2) is 48.6 Å². The SMILES string of the molecule is CNCCC(=O)N1CC(CC(=O)O)C1. The fourth-order valence-electron chi connectivity index (χ4n) is 1.54. The maximum atomic E-state index is 11.4. The van der Waals surface area contributed by atoms with Gasteiger partial charge in [-0.15, -0.1) is 0 Å². The van der Waals surface area contributed by atoms with Crippen LogP contribution in [0, 0.1) is 5.92 Å². The van der Waals surface area contributed by atoms with Gasteiger partial charge in [0, 0.05) is 32.0 Å². The van der Waals surface area contributed by atoms with Crippen LogP contribution in [0.15, 0.2) is 0 Å². The molecule has 5 nitrogen and oxygen atoms in total. The Balaban J connectivity index is 2.14. The lowest BCUT2D eigenvalue weighted by atomic mass is 9.96. The van der Waals surface area contributed by atoms with Gasteiger partial charge in [0.05, 0.1) is 6.42 Å². The second-order valence-electron chi connectivity index (χ2n) is 3.62. The number of nitrogens with zero attached hydrogens (tertiary/aromatic N) is 1. The molecule has 0 aromatic heterocycles. The molecule has 0 spiro atoms. The molecule has 0 saturated carbocycles. The van der Waals surface area contributed by atoms with E-state index in [1.54, 1.807) is 11.9 Å². The molecule has 1 amide bonds. The van der Waals surface area contributed by atoms with Crippen molar-refractivity contribution in [3.8, 4) is 0 Å². The minimum absolute atomic E-state index is 0.112. The number of aliphatic carboxylic acids is 1. The lowest BCUT2D eigenvalue weighted by molar-refractivity contribution is -0.145. The number of carbonyl (C=O) groups excluding carboxylic acids is 1. The van der Waals surface area contributed by atoms with Gasteiger partial charge in [-0.1, -0.05) is 0 Å². The van der Waals surface area contributed by atoms with Crippen LogP contribution in [0.4, 0.5) is 0 Å². The fraction of sp³-hybridized carbons (Fsp3) is 0.778. The third kappa shape index (κ3) is 2.99. The van der Waals surface area contributed by atoms with Crippen molar-refractivity contribution in [1.29, 1.82) is 0 Å². The number of amides is 1. The first kappa shape index (κ1) is 11.0. The third-order valence-electron chi connectivity index (χ3n) is 2.36. The molecule has 0 radical (unpaired) electrons. The molecule has 0 bridgehead atoms. The molecule has 0 unspecified atom stereocenters. The van der Waals surface area contributed by atoms with Crippen molar-refractivity contribution in [2.45, 2.75) is 12.8 Å². The number of carbonyl (C=O) groups is 2. The number of hydrogen-bond acceptors (Lipinski definition) is 3. The van der Waals surface area contributed by atoms with E-state index in [4.69, 9.17) is 5.11 Å². The van der Waals surface area contributed by atoms with E-state index < -0.39 is 5.97 Å². The van der Waals surface area contributed by atoms with Gasteiger partial charge in [-0.2, -0.15) is 0 Å². The molecular formula is C9H16N2O3. The summed E-state index contributed by atoms with van der Waals surface area (Å²) in [5, 5.41) is 11.4. The molecule has 80 valence electrons. The first-order valence-electron chi connectivity index (χ1n) is 4.77. The molecule has 1 rings (SSSR count). The fourth-order valence-corrected chi connectivity index (χ4v) is 1.54. The smallest absolute Gasteiger partial charge is 0.303 e.